The van der Waals surface area contributed by atoms with E-state index in [1.165, 1.54) is 50.3 Å². The van der Waals surface area contributed by atoms with Crippen LogP contribution in [0.25, 0.3) is 0 Å². The number of carbonyl (C=O) groups excluding carboxylic acids is 1. The Labute approximate surface area is 194 Å². The van der Waals surface area contributed by atoms with Gasteiger partial charge in [0.25, 0.3) is 5.91 Å². The number of benzene rings is 1. The molecule has 2 aliphatic heterocycles. The number of fused-ring (bicyclic) bond motifs is 1. The summed E-state index contributed by atoms with van der Waals surface area (Å²) in [7, 11) is -2.94. The molecule has 2 heterocycles. The number of sulfone groups is 1. The van der Waals surface area contributed by atoms with Crippen LogP contribution in [0.3, 0.4) is 0 Å². The van der Waals surface area contributed by atoms with Crippen molar-refractivity contribution < 1.29 is 13.2 Å². The normalized spacial score (nSPS) is 39.4. The molecule has 1 amide bonds. The molecule has 6 aliphatic rings. The number of hydrogen-bond donors (Lipinski definition) is 2. The first kappa shape index (κ1) is 21.0. The lowest BCUT2D eigenvalue weighted by Crippen LogP contribution is -2.55. The van der Waals surface area contributed by atoms with Crippen LogP contribution >= 0.6 is 11.8 Å². The van der Waals surface area contributed by atoms with Gasteiger partial charge < -0.3 is 10.6 Å². The number of hydrogen-bond acceptors (Lipinski definition) is 6. The average Bonchev–Trinajstić information content (AvgIpc) is 3.19. The van der Waals surface area contributed by atoms with E-state index < -0.39 is 9.84 Å². The second kappa shape index (κ2) is 7.49. The summed E-state index contributed by atoms with van der Waals surface area (Å²) >= 11 is 1.50. The molecule has 3 atom stereocenters. The van der Waals surface area contributed by atoms with Crippen molar-refractivity contribution in [2.45, 2.75) is 62.8 Å². The highest BCUT2D eigenvalue weighted by Crippen LogP contribution is 2.61. The Morgan fingerprint density at radius 3 is 2.28 bits per heavy atom. The van der Waals surface area contributed by atoms with Gasteiger partial charge in [-0.05, 0) is 92.9 Å². The number of carbonyl (C=O) groups is 1. The predicted molar refractivity (Wildman–Crippen MR) is 129 cm³/mol. The molecule has 172 valence electrons. The smallest absolute Gasteiger partial charge is 0.251 e. The van der Waals surface area contributed by atoms with Gasteiger partial charge in [-0.15, -0.1) is 0 Å². The van der Waals surface area contributed by atoms with E-state index in [0.29, 0.717) is 11.0 Å². The molecular formula is C24H31N3O3S2. The Kier molecular flexibility index (Phi) is 4.92. The molecule has 1 aromatic carbocycles. The molecule has 4 bridgehead atoms. The van der Waals surface area contributed by atoms with Gasteiger partial charge in [0.05, 0.1) is 17.5 Å². The zero-order chi connectivity index (χ0) is 22.1. The fraction of sp³-hybridized carbons (Fsp3) is 0.667. The van der Waals surface area contributed by atoms with Gasteiger partial charge in [-0.2, -0.15) is 0 Å². The summed E-state index contributed by atoms with van der Waals surface area (Å²) in [6.45, 7) is 2.22. The average molecular weight is 474 g/mol. The molecule has 32 heavy (non-hydrogen) atoms. The number of amidine groups is 1. The van der Waals surface area contributed by atoms with Crippen LogP contribution in [0.15, 0.2) is 29.3 Å². The minimum Gasteiger partial charge on any atom is -0.349 e. The Hall–Kier alpha value is -1.54. The molecule has 4 saturated carbocycles. The molecule has 1 saturated heterocycles. The highest BCUT2D eigenvalue weighted by molar-refractivity contribution is 8.15. The Balaban J connectivity index is 1.08. The fourth-order valence-corrected chi connectivity index (χ4v) is 11.1. The SMILES string of the molecule is CC(NC(=O)c1ccc(NC2=NC3CS(=O)(=O)CC3S2)cc1)C12CC3CC(CC(C3)C1)C2. The van der Waals surface area contributed by atoms with Crippen LogP contribution in [-0.2, 0) is 9.84 Å². The summed E-state index contributed by atoms with van der Waals surface area (Å²) in [5.41, 5.74) is 1.84. The summed E-state index contributed by atoms with van der Waals surface area (Å²) < 4.78 is 23.4. The van der Waals surface area contributed by atoms with Crippen LogP contribution in [0, 0.1) is 23.2 Å². The van der Waals surface area contributed by atoms with E-state index in [2.05, 4.69) is 22.5 Å². The van der Waals surface area contributed by atoms with E-state index in [9.17, 15) is 13.2 Å². The van der Waals surface area contributed by atoms with Gasteiger partial charge in [-0.1, -0.05) is 11.8 Å². The molecule has 6 nitrogen and oxygen atoms in total. The van der Waals surface area contributed by atoms with Crippen molar-refractivity contribution >= 4 is 38.4 Å². The number of rotatable bonds is 4. The molecule has 1 aromatic rings. The number of nitrogens with one attached hydrogen (secondary N) is 2. The van der Waals surface area contributed by atoms with Crippen LogP contribution in [0.5, 0.6) is 0 Å². The van der Waals surface area contributed by atoms with E-state index in [1.54, 1.807) is 0 Å². The van der Waals surface area contributed by atoms with Gasteiger partial charge in [0, 0.05) is 22.5 Å². The van der Waals surface area contributed by atoms with Crippen molar-refractivity contribution in [1.29, 1.82) is 0 Å². The highest BCUT2D eigenvalue weighted by Gasteiger charge is 2.53. The summed E-state index contributed by atoms with van der Waals surface area (Å²) in [6.07, 6.45) is 8.09. The molecule has 4 aliphatic carbocycles. The van der Waals surface area contributed by atoms with Crippen LogP contribution in [0.1, 0.15) is 55.8 Å². The number of amides is 1. The Bertz CT molecular complexity index is 1030. The first-order chi connectivity index (χ1) is 15.3. The van der Waals surface area contributed by atoms with E-state index in [1.807, 2.05) is 24.3 Å². The quantitative estimate of drug-likeness (QED) is 0.696. The molecule has 7 rings (SSSR count). The van der Waals surface area contributed by atoms with E-state index in [4.69, 9.17) is 0 Å². The highest BCUT2D eigenvalue weighted by atomic mass is 32.2. The third-order valence-corrected chi connectivity index (χ3v) is 11.7. The largest absolute Gasteiger partial charge is 0.349 e. The van der Waals surface area contributed by atoms with E-state index >= 15 is 0 Å². The maximum atomic E-state index is 13.0. The topological polar surface area (TPSA) is 87.6 Å². The van der Waals surface area contributed by atoms with Crippen LogP contribution < -0.4 is 10.6 Å². The van der Waals surface area contributed by atoms with Crippen molar-refractivity contribution in [3.63, 3.8) is 0 Å². The minimum absolute atomic E-state index is 0.00659. The monoisotopic (exact) mass is 473 g/mol. The minimum atomic E-state index is -2.94. The van der Waals surface area contributed by atoms with Gasteiger partial charge in [-0.25, -0.2) is 8.42 Å². The third-order valence-electron chi connectivity index (χ3n) is 8.57. The standard InChI is InChI=1S/C24H31N3O3S2/c1-14(24-9-15-6-16(10-24)8-17(7-15)11-24)25-22(28)18-2-4-19(5-3-18)26-23-27-20-12-32(29,30)13-21(20)31-23/h2-5,14-17,20-21H,6-13H2,1H3,(H,25,28)(H,26,27). The molecule has 2 N–H and O–H groups in total. The predicted octanol–water partition coefficient (Wildman–Crippen LogP) is 3.70. The number of anilines is 1. The Morgan fingerprint density at radius 1 is 1.06 bits per heavy atom. The van der Waals surface area contributed by atoms with Gasteiger partial charge in [0.2, 0.25) is 0 Å². The van der Waals surface area contributed by atoms with Crippen molar-refractivity contribution in [1.82, 2.24) is 5.32 Å². The zero-order valence-corrected chi connectivity index (χ0v) is 20.1. The van der Waals surface area contributed by atoms with Gasteiger partial charge >= 0.3 is 0 Å². The summed E-state index contributed by atoms with van der Waals surface area (Å²) in [5, 5.41) is 7.41. The van der Waals surface area contributed by atoms with Crippen LogP contribution in [0.4, 0.5) is 5.69 Å². The second-order valence-corrected chi connectivity index (χ2v) is 14.3. The lowest BCUT2D eigenvalue weighted by atomic mass is 9.48. The maximum Gasteiger partial charge on any atom is 0.251 e. The molecule has 0 aromatic heterocycles. The van der Waals surface area contributed by atoms with Gasteiger partial charge in [-0.3, -0.25) is 9.79 Å². The maximum absolute atomic E-state index is 13.0. The van der Waals surface area contributed by atoms with Crippen molar-refractivity contribution in [3.8, 4) is 0 Å². The number of thioether (sulfide) groups is 1. The first-order valence-electron chi connectivity index (χ1n) is 11.9. The molecule has 0 radical (unpaired) electrons. The van der Waals surface area contributed by atoms with E-state index in [-0.39, 0.29) is 34.7 Å². The lowest BCUT2D eigenvalue weighted by Gasteiger charge is -2.59. The van der Waals surface area contributed by atoms with Crippen LogP contribution in [-0.4, -0.2) is 48.3 Å². The summed E-state index contributed by atoms with van der Waals surface area (Å²) in [6, 6.07) is 7.59. The van der Waals surface area contributed by atoms with Crippen molar-refractivity contribution in [2.24, 2.45) is 28.2 Å². The van der Waals surface area contributed by atoms with Crippen LogP contribution in [0.2, 0.25) is 0 Å². The molecule has 5 fully saturated rings. The number of aliphatic imine (C=N–C) groups is 1. The van der Waals surface area contributed by atoms with Crippen molar-refractivity contribution in [3.05, 3.63) is 29.8 Å². The molecule has 0 spiro atoms. The Morgan fingerprint density at radius 2 is 1.69 bits per heavy atom. The molecule has 8 heteroatoms. The van der Waals surface area contributed by atoms with Crippen molar-refractivity contribution in [2.75, 3.05) is 16.8 Å². The zero-order valence-electron chi connectivity index (χ0n) is 18.4. The summed E-state index contributed by atoms with van der Waals surface area (Å²) in [4.78, 5) is 17.5. The first-order valence-corrected chi connectivity index (χ1v) is 14.6. The van der Waals surface area contributed by atoms with E-state index in [0.717, 1.165) is 28.6 Å². The fourth-order valence-electron chi connectivity index (χ4n) is 7.39. The summed E-state index contributed by atoms with van der Waals surface area (Å²) in [5.74, 6) is 2.99. The lowest BCUT2D eigenvalue weighted by molar-refractivity contribution is -0.0688. The van der Waals surface area contributed by atoms with Gasteiger partial charge in [0.1, 0.15) is 0 Å². The number of nitrogens with zero attached hydrogens (tertiary/aromatic N) is 1. The van der Waals surface area contributed by atoms with Gasteiger partial charge in [0.15, 0.2) is 15.0 Å². The molecule has 3 unspecified atom stereocenters. The molecular weight excluding hydrogens is 442 g/mol. The third kappa shape index (κ3) is 3.77. The second-order valence-electron chi connectivity index (χ2n) is 10.9.